The van der Waals surface area contributed by atoms with E-state index in [1.54, 1.807) is 23.0 Å². The summed E-state index contributed by atoms with van der Waals surface area (Å²) in [6.07, 6.45) is 5.06. The predicted molar refractivity (Wildman–Crippen MR) is 86.1 cm³/mol. The van der Waals surface area contributed by atoms with Crippen LogP contribution in [-0.4, -0.2) is 20.7 Å². The molecule has 0 bridgehead atoms. The van der Waals surface area contributed by atoms with Gasteiger partial charge >= 0.3 is 0 Å². The maximum atomic E-state index is 12.8. The number of amides is 1. The Morgan fingerprint density at radius 1 is 1.21 bits per heavy atom. The summed E-state index contributed by atoms with van der Waals surface area (Å²) in [7, 11) is 1.83. The maximum Gasteiger partial charge on any atom is 0.274 e. The highest BCUT2D eigenvalue weighted by molar-refractivity contribution is 6.02. The quantitative estimate of drug-likeness (QED) is 0.783. The lowest BCUT2D eigenvalue weighted by Crippen LogP contribution is -2.13. The van der Waals surface area contributed by atoms with E-state index in [-0.39, 0.29) is 17.4 Å². The lowest BCUT2D eigenvalue weighted by Gasteiger charge is -2.06. The molecule has 3 rings (SSSR count). The van der Waals surface area contributed by atoms with Crippen molar-refractivity contribution in [3.8, 4) is 5.75 Å². The zero-order valence-electron chi connectivity index (χ0n) is 12.9. The van der Waals surface area contributed by atoms with Gasteiger partial charge in [0.05, 0.1) is 12.4 Å². The number of aromatic nitrogens is 3. The molecule has 0 radical (unpaired) electrons. The third kappa shape index (κ3) is 3.95. The molecule has 0 aliphatic carbocycles. The third-order valence-electron chi connectivity index (χ3n) is 3.23. The van der Waals surface area contributed by atoms with Crippen molar-refractivity contribution in [2.75, 3.05) is 5.32 Å². The number of benzene rings is 1. The van der Waals surface area contributed by atoms with Crippen molar-refractivity contribution in [3.05, 3.63) is 72.1 Å². The molecule has 0 unspecified atom stereocenters. The van der Waals surface area contributed by atoms with Crippen LogP contribution in [0.15, 0.2) is 55.0 Å². The van der Waals surface area contributed by atoms with Gasteiger partial charge in [0, 0.05) is 24.5 Å². The van der Waals surface area contributed by atoms with E-state index in [0.29, 0.717) is 18.0 Å². The predicted octanol–water partition coefficient (Wildman–Crippen LogP) is 2.79. The Bertz CT molecular complexity index is 829. The van der Waals surface area contributed by atoms with E-state index >= 15 is 0 Å². The van der Waals surface area contributed by atoms with Crippen LogP contribution in [0.1, 0.15) is 16.1 Å². The molecule has 0 aliphatic rings. The summed E-state index contributed by atoms with van der Waals surface area (Å²) >= 11 is 0. The minimum absolute atomic E-state index is 0.244. The molecule has 122 valence electrons. The van der Waals surface area contributed by atoms with Crippen LogP contribution in [0.3, 0.4) is 0 Å². The van der Waals surface area contributed by atoms with Crippen molar-refractivity contribution in [2.45, 2.75) is 6.61 Å². The molecule has 1 N–H and O–H groups in total. The van der Waals surface area contributed by atoms with Gasteiger partial charge in [0.15, 0.2) is 0 Å². The van der Waals surface area contributed by atoms with Crippen molar-refractivity contribution in [3.63, 3.8) is 0 Å². The topological polar surface area (TPSA) is 69.0 Å². The summed E-state index contributed by atoms with van der Waals surface area (Å²) in [6.45, 7) is 0.372. The lowest BCUT2D eigenvalue weighted by atomic mass is 10.3. The Kier molecular flexibility index (Phi) is 4.51. The molecule has 3 aromatic rings. The molecular formula is C17H15FN4O2. The van der Waals surface area contributed by atoms with Crippen LogP contribution < -0.4 is 10.1 Å². The fourth-order valence-corrected chi connectivity index (χ4v) is 2.04. The number of carbonyl (C=O) groups is 1. The Morgan fingerprint density at radius 2 is 2.00 bits per heavy atom. The molecule has 6 nitrogen and oxygen atoms in total. The van der Waals surface area contributed by atoms with E-state index in [4.69, 9.17) is 4.74 Å². The first-order chi connectivity index (χ1) is 11.6. The normalized spacial score (nSPS) is 10.4. The van der Waals surface area contributed by atoms with Gasteiger partial charge in [-0.15, -0.1) is 0 Å². The van der Waals surface area contributed by atoms with E-state index in [0.717, 1.165) is 5.56 Å². The maximum absolute atomic E-state index is 12.8. The zero-order valence-corrected chi connectivity index (χ0v) is 12.9. The minimum atomic E-state index is -0.375. The second-order valence-corrected chi connectivity index (χ2v) is 5.15. The SMILES string of the molecule is Cn1cc(COc2ccc(C(=O)Nc3ccc(F)cc3)nc2)cn1. The molecule has 0 saturated heterocycles. The number of anilines is 1. The van der Waals surface area contributed by atoms with Crippen molar-refractivity contribution in [1.29, 1.82) is 0 Å². The third-order valence-corrected chi connectivity index (χ3v) is 3.23. The van der Waals surface area contributed by atoms with E-state index in [1.807, 2.05) is 13.2 Å². The molecule has 2 heterocycles. The van der Waals surface area contributed by atoms with Crippen LogP contribution >= 0.6 is 0 Å². The van der Waals surface area contributed by atoms with Crippen LogP contribution in [0.25, 0.3) is 0 Å². The summed E-state index contributed by atoms with van der Waals surface area (Å²) < 4.78 is 20.1. The Labute approximate surface area is 137 Å². The van der Waals surface area contributed by atoms with Gasteiger partial charge in [0.1, 0.15) is 23.9 Å². The second-order valence-electron chi connectivity index (χ2n) is 5.15. The molecule has 2 aromatic heterocycles. The molecular weight excluding hydrogens is 311 g/mol. The zero-order chi connectivity index (χ0) is 16.9. The van der Waals surface area contributed by atoms with Gasteiger partial charge in [0.2, 0.25) is 0 Å². The van der Waals surface area contributed by atoms with E-state index < -0.39 is 0 Å². The first-order valence-electron chi connectivity index (χ1n) is 7.23. The number of ether oxygens (including phenoxy) is 1. The van der Waals surface area contributed by atoms with Crippen molar-refractivity contribution in [1.82, 2.24) is 14.8 Å². The Morgan fingerprint density at radius 3 is 2.62 bits per heavy atom. The van der Waals surface area contributed by atoms with Gasteiger partial charge in [-0.05, 0) is 36.4 Å². The highest BCUT2D eigenvalue weighted by Crippen LogP contribution is 2.14. The monoisotopic (exact) mass is 326 g/mol. The second kappa shape index (κ2) is 6.91. The number of carbonyl (C=O) groups excluding carboxylic acids is 1. The first-order valence-corrected chi connectivity index (χ1v) is 7.23. The fraction of sp³-hybridized carbons (Fsp3) is 0.118. The number of hydrogen-bond donors (Lipinski definition) is 1. The fourth-order valence-electron chi connectivity index (χ4n) is 2.04. The van der Waals surface area contributed by atoms with Crippen molar-refractivity contribution in [2.24, 2.45) is 7.05 Å². The summed E-state index contributed by atoms with van der Waals surface area (Å²) in [6, 6.07) is 8.76. The molecule has 1 aromatic carbocycles. The van der Waals surface area contributed by atoms with E-state index in [2.05, 4.69) is 15.4 Å². The Balaban J connectivity index is 1.59. The van der Waals surface area contributed by atoms with Crippen LogP contribution in [0.5, 0.6) is 5.75 Å². The number of nitrogens with one attached hydrogen (secondary N) is 1. The lowest BCUT2D eigenvalue weighted by molar-refractivity contribution is 0.102. The van der Waals surface area contributed by atoms with Crippen LogP contribution in [0, 0.1) is 5.82 Å². The summed E-state index contributed by atoms with van der Waals surface area (Å²) in [5.74, 6) is -0.182. The summed E-state index contributed by atoms with van der Waals surface area (Å²) in [5, 5.41) is 6.70. The van der Waals surface area contributed by atoms with Crippen LogP contribution in [0.2, 0.25) is 0 Å². The van der Waals surface area contributed by atoms with Gasteiger partial charge in [-0.1, -0.05) is 0 Å². The smallest absolute Gasteiger partial charge is 0.274 e. The molecule has 24 heavy (non-hydrogen) atoms. The van der Waals surface area contributed by atoms with Crippen molar-refractivity contribution >= 4 is 11.6 Å². The molecule has 1 amide bonds. The van der Waals surface area contributed by atoms with Gasteiger partial charge in [-0.3, -0.25) is 9.48 Å². The first kappa shape index (κ1) is 15.7. The number of halogens is 1. The number of hydrogen-bond acceptors (Lipinski definition) is 4. The standard InChI is InChI=1S/C17H15FN4O2/c1-22-10-12(8-20-22)11-24-15-6-7-16(19-9-15)17(23)21-14-4-2-13(18)3-5-14/h2-10H,11H2,1H3,(H,21,23). The number of rotatable bonds is 5. The van der Waals surface area contributed by atoms with E-state index in [9.17, 15) is 9.18 Å². The molecule has 0 atom stereocenters. The average molecular weight is 326 g/mol. The highest BCUT2D eigenvalue weighted by Gasteiger charge is 2.08. The summed E-state index contributed by atoms with van der Waals surface area (Å²) in [5.41, 5.74) is 1.68. The summed E-state index contributed by atoms with van der Waals surface area (Å²) in [4.78, 5) is 16.2. The van der Waals surface area contributed by atoms with E-state index in [1.165, 1.54) is 30.5 Å². The number of nitrogens with zero attached hydrogens (tertiary/aromatic N) is 3. The average Bonchev–Trinajstić information content (AvgIpc) is 3.01. The van der Waals surface area contributed by atoms with Gasteiger partial charge < -0.3 is 10.1 Å². The number of aryl methyl sites for hydroxylation is 1. The molecule has 0 spiro atoms. The molecule has 0 fully saturated rings. The molecule has 0 aliphatic heterocycles. The van der Waals surface area contributed by atoms with Gasteiger partial charge in [-0.2, -0.15) is 5.10 Å². The molecule has 7 heteroatoms. The highest BCUT2D eigenvalue weighted by atomic mass is 19.1. The van der Waals surface area contributed by atoms with Crippen LogP contribution in [0.4, 0.5) is 10.1 Å². The minimum Gasteiger partial charge on any atom is -0.487 e. The van der Waals surface area contributed by atoms with Gasteiger partial charge in [-0.25, -0.2) is 9.37 Å². The number of pyridine rings is 1. The largest absolute Gasteiger partial charge is 0.487 e. The Hall–Kier alpha value is -3.22. The van der Waals surface area contributed by atoms with Crippen LogP contribution in [-0.2, 0) is 13.7 Å². The van der Waals surface area contributed by atoms with Gasteiger partial charge in [0.25, 0.3) is 5.91 Å². The molecule has 0 saturated carbocycles. The van der Waals surface area contributed by atoms with Crippen molar-refractivity contribution < 1.29 is 13.9 Å².